The van der Waals surface area contributed by atoms with Gasteiger partial charge in [0.1, 0.15) is 18.1 Å². The van der Waals surface area contributed by atoms with E-state index in [1.165, 1.54) is 29.8 Å². The molecule has 1 aliphatic rings. The van der Waals surface area contributed by atoms with Gasteiger partial charge in [0.2, 0.25) is 0 Å². The van der Waals surface area contributed by atoms with Gasteiger partial charge in [0.15, 0.2) is 17.2 Å². The molecule has 1 fully saturated rings. The van der Waals surface area contributed by atoms with Crippen molar-refractivity contribution in [2.45, 2.75) is 70.8 Å². The molecule has 3 heterocycles. The van der Waals surface area contributed by atoms with Crippen LogP contribution in [-0.2, 0) is 17.5 Å². The topological polar surface area (TPSA) is 132 Å². The molecule has 1 aromatic carbocycles. The molecular weight excluding hydrogens is 606 g/mol. The van der Waals surface area contributed by atoms with E-state index in [4.69, 9.17) is 5.73 Å². The SMILES string of the molecule is Cc1cc(Nc2nccn3c(-c4cn(CC(F)F)nc4C(F)(F)F)cnc23)cc(F)c1C(=O)N[C@H](C)CCC(=O)C1CC(N)C1. The summed E-state index contributed by atoms with van der Waals surface area (Å²) in [7, 11) is 0. The molecule has 0 saturated heterocycles. The second kappa shape index (κ2) is 12.5. The molecule has 1 aliphatic carbocycles. The Bertz CT molecular complexity index is 1700. The number of nitrogens with two attached hydrogens (primary N) is 1. The number of hydrogen-bond acceptors (Lipinski definition) is 7. The van der Waals surface area contributed by atoms with E-state index in [0.29, 0.717) is 29.5 Å². The van der Waals surface area contributed by atoms with E-state index < -0.39 is 42.1 Å². The molecule has 0 unspecified atom stereocenters. The fourth-order valence-corrected chi connectivity index (χ4v) is 5.36. The lowest BCUT2D eigenvalue weighted by molar-refractivity contribution is -0.141. The summed E-state index contributed by atoms with van der Waals surface area (Å²) in [5.41, 5.74) is 4.20. The molecule has 16 heteroatoms. The number of hydrogen-bond donors (Lipinski definition) is 3. The van der Waals surface area contributed by atoms with Crippen LogP contribution in [0.25, 0.3) is 16.9 Å². The number of fused-ring (bicyclic) bond motifs is 1. The Morgan fingerprint density at radius 3 is 2.56 bits per heavy atom. The first-order valence-electron chi connectivity index (χ1n) is 14.1. The molecule has 240 valence electrons. The van der Waals surface area contributed by atoms with Crippen LogP contribution in [0.4, 0.5) is 37.8 Å². The zero-order chi connectivity index (χ0) is 32.6. The summed E-state index contributed by atoms with van der Waals surface area (Å²) in [5, 5.41) is 8.92. The van der Waals surface area contributed by atoms with Crippen molar-refractivity contribution in [2.24, 2.45) is 11.7 Å². The number of carbonyl (C=O) groups is 2. The molecular formula is C29H30F6N8O2. The molecule has 1 amide bonds. The monoisotopic (exact) mass is 636 g/mol. The molecule has 1 atom stereocenters. The zero-order valence-corrected chi connectivity index (χ0v) is 24.2. The molecule has 10 nitrogen and oxygen atoms in total. The second-order valence-corrected chi connectivity index (χ2v) is 11.2. The van der Waals surface area contributed by atoms with Gasteiger partial charge in [-0.1, -0.05) is 0 Å². The Balaban J connectivity index is 1.33. The lowest BCUT2D eigenvalue weighted by Crippen LogP contribution is -2.41. The van der Waals surface area contributed by atoms with Crippen molar-refractivity contribution in [1.82, 2.24) is 29.5 Å². The van der Waals surface area contributed by atoms with Gasteiger partial charge < -0.3 is 16.4 Å². The minimum atomic E-state index is -4.93. The van der Waals surface area contributed by atoms with Crippen molar-refractivity contribution >= 4 is 28.8 Å². The van der Waals surface area contributed by atoms with E-state index in [-0.39, 0.29) is 58.6 Å². The Kier molecular flexibility index (Phi) is 8.87. The number of amides is 1. The summed E-state index contributed by atoms with van der Waals surface area (Å²) in [6.07, 6.45) is -1.22. The number of nitrogens with one attached hydrogen (secondary N) is 2. The van der Waals surface area contributed by atoms with Crippen LogP contribution in [0.2, 0.25) is 0 Å². The summed E-state index contributed by atoms with van der Waals surface area (Å²) in [6, 6.07) is 2.24. The quantitative estimate of drug-likeness (QED) is 0.191. The van der Waals surface area contributed by atoms with Crippen LogP contribution in [0.5, 0.6) is 0 Å². The standard InChI is InChI=1S/C29H30F6N8O2/c1-14-7-18(10-20(30)24(14)28(45)39-15(2)3-4-22(44)16-8-17(36)9-16)40-26-27-38-11-21(43(27)6-5-37-26)19-12-42(13-23(31)32)41-25(19)29(33,34)35/h5-7,10-12,15-17,23H,3-4,8-9,13,36H2,1-2H3,(H,37,40)(H,39,45)/t15-,16?,17?/m1/s1. The minimum Gasteiger partial charge on any atom is -0.349 e. The van der Waals surface area contributed by atoms with E-state index in [1.807, 2.05) is 0 Å². The van der Waals surface area contributed by atoms with Crippen LogP contribution in [0.15, 0.2) is 36.9 Å². The van der Waals surface area contributed by atoms with Gasteiger partial charge in [-0.3, -0.25) is 18.7 Å². The number of nitrogens with zero attached hydrogens (tertiary/aromatic N) is 5. The summed E-state index contributed by atoms with van der Waals surface area (Å²) in [6.45, 7) is 2.24. The second-order valence-electron chi connectivity index (χ2n) is 11.2. The average Bonchev–Trinajstić information content (AvgIpc) is 3.54. The molecule has 0 spiro atoms. The Morgan fingerprint density at radius 2 is 1.91 bits per heavy atom. The van der Waals surface area contributed by atoms with E-state index >= 15 is 4.39 Å². The van der Waals surface area contributed by atoms with Gasteiger partial charge in [-0.25, -0.2) is 23.1 Å². The van der Waals surface area contributed by atoms with Crippen LogP contribution in [0.1, 0.15) is 54.2 Å². The lowest BCUT2D eigenvalue weighted by Gasteiger charge is -2.31. The number of imidazole rings is 1. The van der Waals surface area contributed by atoms with E-state index in [0.717, 1.165) is 18.5 Å². The molecule has 45 heavy (non-hydrogen) atoms. The highest BCUT2D eigenvalue weighted by Crippen LogP contribution is 2.37. The molecule has 0 bridgehead atoms. The summed E-state index contributed by atoms with van der Waals surface area (Å²) < 4.78 is 83.9. The van der Waals surface area contributed by atoms with Crippen LogP contribution in [-0.4, -0.2) is 54.3 Å². The zero-order valence-electron chi connectivity index (χ0n) is 24.2. The highest BCUT2D eigenvalue weighted by Gasteiger charge is 2.38. The van der Waals surface area contributed by atoms with E-state index in [9.17, 15) is 31.5 Å². The predicted octanol–water partition coefficient (Wildman–Crippen LogP) is 5.27. The van der Waals surface area contributed by atoms with Crippen molar-refractivity contribution < 1.29 is 35.9 Å². The molecule has 0 aliphatic heterocycles. The first kappa shape index (κ1) is 31.9. The van der Waals surface area contributed by atoms with Crippen molar-refractivity contribution in [3.05, 3.63) is 59.6 Å². The predicted molar refractivity (Wildman–Crippen MR) is 152 cm³/mol. The van der Waals surface area contributed by atoms with Crippen LogP contribution >= 0.6 is 0 Å². The van der Waals surface area contributed by atoms with Gasteiger partial charge in [0, 0.05) is 48.7 Å². The Morgan fingerprint density at radius 1 is 1.18 bits per heavy atom. The fraction of sp³-hybridized carbons (Fsp3) is 0.414. The maximum absolute atomic E-state index is 15.2. The number of halogens is 6. The summed E-state index contributed by atoms with van der Waals surface area (Å²) >= 11 is 0. The molecule has 0 radical (unpaired) electrons. The van der Waals surface area contributed by atoms with E-state index in [2.05, 4.69) is 25.7 Å². The molecule has 5 rings (SSSR count). The van der Waals surface area contributed by atoms with Crippen LogP contribution in [0.3, 0.4) is 0 Å². The lowest BCUT2D eigenvalue weighted by atomic mass is 9.77. The Hall–Kier alpha value is -4.47. The highest BCUT2D eigenvalue weighted by molar-refractivity contribution is 5.96. The van der Waals surface area contributed by atoms with Gasteiger partial charge in [0.05, 0.1) is 23.0 Å². The number of aryl methyl sites for hydroxylation is 1. The molecule has 3 aromatic heterocycles. The Labute approximate surface area is 253 Å². The van der Waals surface area contributed by atoms with Crippen molar-refractivity contribution in [3.8, 4) is 11.3 Å². The van der Waals surface area contributed by atoms with Crippen LogP contribution < -0.4 is 16.4 Å². The van der Waals surface area contributed by atoms with Crippen LogP contribution in [0, 0.1) is 18.7 Å². The first-order chi connectivity index (χ1) is 21.2. The number of alkyl halides is 5. The number of ketones is 1. The third kappa shape index (κ3) is 6.95. The number of Topliss-reactive ketones (excluding diaryl/α,β-unsaturated/α-hetero) is 1. The van der Waals surface area contributed by atoms with Crippen molar-refractivity contribution in [2.75, 3.05) is 5.32 Å². The molecule has 4 aromatic rings. The van der Waals surface area contributed by atoms with Gasteiger partial charge in [-0.05, 0) is 50.8 Å². The third-order valence-corrected chi connectivity index (χ3v) is 7.67. The highest BCUT2D eigenvalue weighted by atomic mass is 19.4. The van der Waals surface area contributed by atoms with Gasteiger partial charge >= 0.3 is 6.18 Å². The smallest absolute Gasteiger partial charge is 0.349 e. The van der Waals surface area contributed by atoms with Gasteiger partial charge in [-0.15, -0.1) is 0 Å². The van der Waals surface area contributed by atoms with E-state index in [1.54, 1.807) is 6.92 Å². The normalized spacial score (nSPS) is 17.4. The maximum atomic E-state index is 15.2. The van der Waals surface area contributed by atoms with Gasteiger partial charge in [0.25, 0.3) is 12.3 Å². The number of aromatic nitrogens is 5. The number of carbonyl (C=O) groups excluding carboxylic acids is 2. The van der Waals surface area contributed by atoms with Crippen molar-refractivity contribution in [1.29, 1.82) is 0 Å². The fourth-order valence-electron chi connectivity index (χ4n) is 5.36. The number of benzene rings is 1. The summed E-state index contributed by atoms with van der Waals surface area (Å²) in [5.74, 6) is -1.36. The largest absolute Gasteiger partial charge is 0.435 e. The minimum absolute atomic E-state index is 0.0363. The van der Waals surface area contributed by atoms with Gasteiger partial charge in [-0.2, -0.15) is 18.3 Å². The van der Waals surface area contributed by atoms with Crippen molar-refractivity contribution in [3.63, 3.8) is 0 Å². The molecule has 1 saturated carbocycles. The summed E-state index contributed by atoms with van der Waals surface area (Å²) in [4.78, 5) is 33.5. The first-order valence-corrected chi connectivity index (χ1v) is 14.1. The maximum Gasteiger partial charge on any atom is 0.435 e. The number of rotatable bonds is 11. The molecule has 4 N–H and O–H groups in total. The third-order valence-electron chi connectivity index (χ3n) is 7.67. The number of anilines is 2. The average molecular weight is 637 g/mol.